The minimum atomic E-state index is 0. The van der Waals surface area contributed by atoms with Crippen LogP contribution in [0, 0.1) is 0 Å². The number of nitrogens with zero attached hydrogens (tertiary/aromatic N) is 4. The second-order valence-corrected chi connectivity index (χ2v) is 4.41. The van der Waals surface area contributed by atoms with E-state index in [1.165, 1.54) is 25.7 Å². The predicted molar refractivity (Wildman–Crippen MR) is 84.2 cm³/mol. The molecule has 0 unspecified atom stereocenters. The molecule has 6 heteroatoms. The van der Waals surface area contributed by atoms with Crippen LogP contribution in [-0.4, -0.2) is 40.3 Å². The zero-order chi connectivity index (χ0) is 11.9. The molecular formula is C12H22IN5. The van der Waals surface area contributed by atoms with Crippen LogP contribution in [0.25, 0.3) is 0 Å². The molecule has 1 aliphatic heterocycles. The zero-order valence-corrected chi connectivity index (χ0v) is 13.0. The second kappa shape index (κ2) is 8.34. The lowest BCUT2D eigenvalue weighted by atomic mass is 10.2. The summed E-state index contributed by atoms with van der Waals surface area (Å²) in [6.45, 7) is 3.60. The molecular weight excluding hydrogens is 341 g/mol. The summed E-state index contributed by atoms with van der Waals surface area (Å²) in [5, 5.41) is 4.13. The number of halogens is 1. The first kappa shape index (κ1) is 15.3. The molecule has 0 aliphatic carbocycles. The van der Waals surface area contributed by atoms with E-state index >= 15 is 0 Å². The Balaban J connectivity index is 0.00000162. The zero-order valence-electron chi connectivity index (χ0n) is 10.7. The SMILES string of the molecule is I.NC(=NCCn1cccn1)N1CCCCCC1. The molecule has 0 spiro atoms. The number of nitrogens with two attached hydrogens (primary N) is 1. The first-order valence-corrected chi connectivity index (χ1v) is 6.38. The van der Waals surface area contributed by atoms with Gasteiger partial charge in [0, 0.05) is 25.5 Å². The quantitative estimate of drug-likeness (QED) is 0.505. The molecule has 1 aromatic rings. The first-order chi connectivity index (χ1) is 8.36. The Morgan fingerprint density at radius 3 is 2.56 bits per heavy atom. The number of rotatable bonds is 3. The Labute approximate surface area is 125 Å². The fourth-order valence-corrected chi connectivity index (χ4v) is 2.10. The van der Waals surface area contributed by atoms with Crippen molar-refractivity contribution in [2.24, 2.45) is 10.7 Å². The van der Waals surface area contributed by atoms with E-state index in [1.54, 1.807) is 6.20 Å². The molecule has 1 saturated heterocycles. The molecule has 18 heavy (non-hydrogen) atoms. The smallest absolute Gasteiger partial charge is 0.191 e. The van der Waals surface area contributed by atoms with Crippen LogP contribution in [0.4, 0.5) is 0 Å². The monoisotopic (exact) mass is 363 g/mol. The summed E-state index contributed by atoms with van der Waals surface area (Å²) in [5.74, 6) is 0.694. The van der Waals surface area contributed by atoms with E-state index in [-0.39, 0.29) is 24.0 Å². The highest BCUT2D eigenvalue weighted by Gasteiger charge is 2.10. The van der Waals surface area contributed by atoms with E-state index in [0.29, 0.717) is 12.5 Å². The van der Waals surface area contributed by atoms with Gasteiger partial charge in [-0.3, -0.25) is 9.67 Å². The van der Waals surface area contributed by atoms with Crippen LogP contribution in [0.2, 0.25) is 0 Å². The third-order valence-corrected chi connectivity index (χ3v) is 3.09. The van der Waals surface area contributed by atoms with Crippen molar-refractivity contribution in [3.8, 4) is 0 Å². The van der Waals surface area contributed by atoms with E-state index in [1.807, 2.05) is 16.9 Å². The number of hydrogen-bond acceptors (Lipinski definition) is 2. The van der Waals surface area contributed by atoms with Gasteiger partial charge in [-0.05, 0) is 18.9 Å². The Hall–Kier alpha value is -0.790. The number of aromatic nitrogens is 2. The standard InChI is InChI=1S/C12H21N5.HI/c13-12(16-8-3-1-2-4-9-16)14-7-11-17-10-5-6-15-17;/h5-6,10H,1-4,7-9,11H2,(H2,13,14);1H. The van der Waals surface area contributed by atoms with E-state index in [9.17, 15) is 0 Å². The third kappa shape index (κ3) is 4.83. The molecule has 5 nitrogen and oxygen atoms in total. The fourth-order valence-electron chi connectivity index (χ4n) is 2.10. The van der Waals surface area contributed by atoms with Crippen molar-refractivity contribution in [3.63, 3.8) is 0 Å². The van der Waals surface area contributed by atoms with E-state index in [4.69, 9.17) is 5.73 Å². The van der Waals surface area contributed by atoms with Crippen molar-refractivity contribution in [1.82, 2.24) is 14.7 Å². The van der Waals surface area contributed by atoms with Crippen LogP contribution in [0.3, 0.4) is 0 Å². The summed E-state index contributed by atoms with van der Waals surface area (Å²) in [6.07, 6.45) is 8.82. The van der Waals surface area contributed by atoms with Crippen LogP contribution >= 0.6 is 24.0 Å². The lowest BCUT2D eigenvalue weighted by Crippen LogP contribution is -2.38. The lowest BCUT2D eigenvalue weighted by Gasteiger charge is -2.21. The average Bonchev–Trinajstić information content (AvgIpc) is 2.69. The fraction of sp³-hybridized carbons (Fsp3) is 0.667. The summed E-state index contributed by atoms with van der Waals surface area (Å²) in [7, 11) is 0. The summed E-state index contributed by atoms with van der Waals surface area (Å²) in [6, 6.07) is 1.92. The van der Waals surface area contributed by atoms with E-state index < -0.39 is 0 Å². The van der Waals surface area contributed by atoms with Gasteiger partial charge in [-0.25, -0.2) is 0 Å². The van der Waals surface area contributed by atoms with Gasteiger partial charge in [0.05, 0.1) is 13.1 Å². The molecule has 2 heterocycles. The van der Waals surface area contributed by atoms with Gasteiger partial charge in [0.15, 0.2) is 5.96 Å². The van der Waals surface area contributed by atoms with Gasteiger partial charge in [0.25, 0.3) is 0 Å². The van der Waals surface area contributed by atoms with Crippen LogP contribution in [0.15, 0.2) is 23.5 Å². The van der Waals surface area contributed by atoms with Crippen molar-refractivity contribution in [3.05, 3.63) is 18.5 Å². The molecule has 0 saturated carbocycles. The van der Waals surface area contributed by atoms with Gasteiger partial charge in [-0.2, -0.15) is 5.10 Å². The molecule has 1 aromatic heterocycles. The molecule has 0 aromatic carbocycles. The van der Waals surface area contributed by atoms with E-state index in [0.717, 1.165) is 19.6 Å². The van der Waals surface area contributed by atoms with Crippen molar-refractivity contribution >= 4 is 29.9 Å². The van der Waals surface area contributed by atoms with E-state index in [2.05, 4.69) is 15.0 Å². The minimum absolute atomic E-state index is 0. The van der Waals surface area contributed by atoms with Gasteiger partial charge >= 0.3 is 0 Å². The van der Waals surface area contributed by atoms with Crippen molar-refractivity contribution in [2.45, 2.75) is 32.2 Å². The van der Waals surface area contributed by atoms with Gasteiger partial charge < -0.3 is 10.6 Å². The van der Waals surface area contributed by atoms with Crippen molar-refractivity contribution in [2.75, 3.05) is 19.6 Å². The summed E-state index contributed by atoms with van der Waals surface area (Å²) in [4.78, 5) is 6.63. The van der Waals surface area contributed by atoms with Gasteiger partial charge in [0.1, 0.15) is 0 Å². The second-order valence-electron chi connectivity index (χ2n) is 4.41. The number of aliphatic imine (C=N–C) groups is 1. The minimum Gasteiger partial charge on any atom is -0.370 e. The van der Waals surface area contributed by atoms with Gasteiger partial charge in [0.2, 0.25) is 0 Å². The normalized spacial score (nSPS) is 17.1. The van der Waals surface area contributed by atoms with Crippen LogP contribution in [-0.2, 0) is 6.54 Å². The predicted octanol–water partition coefficient (Wildman–Crippen LogP) is 1.69. The number of hydrogen-bond donors (Lipinski definition) is 1. The molecule has 102 valence electrons. The van der Waals surface area contributed by atoms with Gasteiger partial charge in [-0.15, -0.1) is 24.0 Å². The highest BCUT2D eigenvalue weighted by atomic mass is 127. The largest absolute Gasteiger partial charge is 0.370 e. The molecule has 0 amide bonds. The van der Waals surface area contributed by atoms with Crippen LogP contribution < -0.4 is 5.73 Å². The molecule has 0 bridgehead atoms. The van der Waals surface area contributed by atoms with Crippen LogP contribution in [0.5, 0.6) is 0 Å². The van der Waals surface area contributed by atoms with Crippen molar-refractivity contribution < 1.29 is 0 Å². The highest BCUT2D eigenvalue weighted by Crippen LogP contribution is 2.08. The Morgan fingerprint density at radius 1 is 1.22 bits per heavy atom. The third-order valence-electron chi connectivity index (χ3n) is 3.09. The number of guanidine groups is 1. The maximum atomic E-state index is 6.00. The Kier molecular flexibility index (Phi) is 7.07. The molecule has 2 N–H and O–H groups in total. The van der Waals surface area contributed by atoms with Crippen LogP contribution in [0.1, 0.15) is 25.7 Å². The summed E-state index contributed by atoms with van der Waals surface area (Å²) < 4.78 is 1.87. The van der Waals surface area contributed by atoms with Gasteiger partial charge in [-0.1, -0.05) is 12.8 Å². The Morgan fingerprint density at radius 2 is 1.94 bits per heavy atom. The van der Waals surface area contributed by atoms with Crippen molar-refractivity contribution in [1.29, 1.82) is 0 Å². The average molecular weight is 363 g/mol. The maximum absolute atomic E-state index is 6.00. The Bertz CT molecular complexity index is 341. The molecule has 1 aliphatic rings. The first-order valence-electron chi connectivity index (χ1n) is 6.38. The number of likely N-dealkylation sites (tertiary alicyclic amines) is 1. The summed E-state index contributed by atoms with van der Waals surface area (Å²) >= 11 is 0. The summed E-state index contributed by atoms with van der Waals surface area (Å²) in [5.41, 5.74) is 6.00. The lowest BCUT2D eigenvalue weighted by molar-refractivity contribution is 0.427. The molecule has 1 fully saturated rings. The topological polar surface area (TPSA) is 59.4 Å². The highest BCUT2D eigenvalue weighted by molar-refractivity contribution is 14.0. The molecule has 0 atom stereocenters. The molecule has 0 radical (unpaired) electrons. The molecule has 2 rings (SSSR count). The maximum Gasteiger partial charge on any atom is 0.191 e.